The highest BCUT2D eigenvalue weighted by atomic mass is 32.1. The van der Waals surface area contributed by atoms with Crippen LogP contribution in [0.25, 0.3) is 26.3 Å². The molecule has 6 nitrogen and oxygen atoms in total. The van der Waals surface area contributed by atoms with Gasteiger partial charge in [0.05, 0.1) is 15.8 Å². The highest BCUT2D eigenvalue weighted by Gasteiger charge is 2.38. The van der Waals surface area contributed by atoms with Crippen molar-refractivity contribution >= 4 is 38.7 Å². The van der Waals surface area contributed by atoms with E-state index in [0.717, 1.165) is 49.1 Å². The molecule has 0 bridgehead atoms. The Morgan fingerprint density at radius 3 is 2.70 bits per heavy atom. The maximum Gasteiger partial charge on any atom is 0.433 e. The van der Waals surface area contributed by atoms with Crippen molar-refractivity contribution in [2.75, 3.05) is 6.54 Å². The number of aliphatic imine (C=N–C) groups is 1. The van der Waals surface area contributed by atoms with Crippen LogP contribution >= 0.6 is 11.3 Å². The summed E-state index contributed by atoms with van der Waals surface area (Å²) in [7, 11) is 0. The van der Waals surface area contributed by atoms with Crippen LogP contribution < -0.4 is 5.56 Å². The summed E-state index contributed by atoms with van der Waals surface area (Å²) in [5.74, 6) is 0. The van der Waals surface area contributed by atoms with Gasteiger partial charge in [0, 0.05) is 29.4 Å². The summed E-state index contributed by atoms with van der Waals surface area (Å²) >= 11 is 1.13. The first kappa shape index (κ1) is 21.2. The molecule has 0 aliphatic rings. The van der Waals surface area contributed by atoms with Gasteiger partial charge in [-0.05, 0) is 37.1 Å². The standard InChI is InChI=1S/C23H18F3N5OS/c1-13-14(15-6-2-3-7-17(15)28-13)10-11-27-12-16-20(23(24,25)26)30-31(21(16)32)22-29-18-8-4-5-9-19(18)33-22/h2-9,12,28,30H,10-11H2,1H3. The minimum Gasteiger partial charge on any atom is -0.358 e. The molecule has 168 valence electrons. The second kappa shape index (κ2) is 8.04. The number of alkyl halides is 3. The topological polar surface area (TPSA) is 78.8 Å². The minimum absolute atomic E-state index is 0.140. The van der Waals surface area contributed by atoms with E-state index in [1.807, 2.05) is 31.2 Å². The van der Waals surface area contributed by atoms with Crippen LogP contribution in [0.5, 0.6) is 0 Å². The number of fused-ring (bicyclic) bond motifs is 2. The first-order chi connectivity index (χ1) is 15.8. The van der Waals surface area contributed by atoms with E-state index in [0.29, 0.717) is 11.9 Å². The van der Waals surface area contributed by atoms with E-state index in [4.69, 9.17) is 0 Å². The van der Waals surface area contributed by atoms with E-state index in [-0.39, 0.29) is 11.7 Å². The minimum atomic E-state index is -4.74. The van der Waals surface area contributed by atoms with E-state index in [9.17, 15) is 18.0 Å². The summed E-state index contributed by atoms with van der Waals surface area (Å²) in [5, 5.41) is 3.38. The van der Waals surface area contributed by atoms with Gasteiger partial charge in [0.15, 0.2) is 5.69 Å². The number of aromatic amines is 2. The van der Waals surface area contributed by atoms with Crippen LogP contribution in [-0.4, -0.2) is 32.5 Å². The van der Waals surface area contributed by atoms with Crippen molar-refractivity contribution in [1.82, 2.24) is 19.7 Å². The lowest BCUT2D eigenvalue weighted by atomic mass is 10.1. The van der Waals surface area contributed by atoms with Gasteiger partial charge < -0.3 is 4.98 Å². The predicted molar refractivity (Wildman–Crippen MR) is 124 cm³/mol. The summed E-state index contributed by atoms with van der Waals surface area (Å²) in [6.07, 6.45) is -3.20. The number of nitrogens with zero attached hydrogens (tertiary/aromatic N) is 3. The van der Waals surface area contributed by atoms with Gasteiger partial charge in [0.25, 0.3) is 5.56 Å². The van der Waals surface area contributed by atoms with E-state index in [1.165, 1.54) is 0 Å². The number of aromatic nitrogens is 4. The fraction of sp³-hybridized carbons (Fsp3) is 0.174. The third kappa shape index (κ3) is 3.86. The lowest BCUT2D eigenvalue weighted by Gasteiger charge is -2.04. The molecule has 0 radical (unpaired) electrons. The summed E-state index contributed by atoms with van der Waals surface area (Å²) in [6.45, 7) is 2.19. The number of aryl methyl sites for hydroxylation is 1. The first-order valence-corrected chi connectivity index (χ1v) is 11.0. The Morgan fingerprint density at radius 1 is 1.15 bits per heavy atom. The Hall–Kier alpha value is -3.66. The number of para-hydroxylation sites is 2. The van der Waals surface area contributed by atoms with Gasteiger partial charge in [-0.15, -0.1) is 0 Å². The molecule has 5 rings (SSSR count). The summed E-state index contributed by atoms with van der Waals surface area (Å²) in [5.41, 5.74) is 1.14. The molecule has 0 aliphatic heterocycles. The normalized spacial score (nSPS) is 12.5. The van der Waals surface area contributed by atoms with Crippen LogP contribution in [0.1, 0.15) is 22.5 Å². The molecule has 0 aliphatic carbocycles. The molecule has 0 atom stereocenters. The molecule has 0 saturated heterocycles. The number of nitrogens with one attached hydrogen (secondary N) is 2. The van der Waals surface area contributed by atoms with Crippen molar-refractivity contribution < 1.29 is 13.2 Å². The van der Waals surface area contributed by atoms with Crippen LogP contribution in [0.2, 0.25) is 0 Å². The van der Waals surface area contributed by atoms with E-state index >= 15 is 0 Å². The molecule has 3 aromatic heterocycles. The van der Waals surface area contributed by atoms with Crippen molar-refractivity contribution in [1.29, 1.82) is 0 Å². The van der Waals surface area contributed by atoms with E-state index < -0.39 is 23.0 Å². The Bertz CT molecular complexity index is 1520. The van der Waals surface area contributed by atoms with Gasteiger partial charge in [-0.3, -0.25) is 14.9 Å². The molecule has 0 spiro atoms. The van der Waals surface area contributed by atoms with Crippen molar-refractivity contribution in [2.24, 2.45) is 4.99 Å². The third-order valence-corrected chi connectivity index (χ3v) is 6.44. The second-order valence-electron chi connectivity index (χ2n) is 7.56. The van der Waals surface area contributed by atoms with Crippen molar-refractivity contribution in [3.8, 4) is 5.13 Å². The van der Waals surface area contributed by atoms with Gasteiger partial charge in [-0.2, -0.15) is 17.9 Å². The zero-order valence-electron chi connectivity index (χ0n) is 17.4. The lowest BCUT2D eigenvalue weighted by molar-refractivity contribution is -0.141. The van der Waals surface area contributed by atoms with Crippen LogP contribution in [0.4, 0.5) is 13.2 Å². The number of H-pyrrole nitrogens is 2. The highest BCUT2D eigenvalue weighted by Crippen LogP contribution is 2.30. The molecule has 10 heteroatoms. The van der Waals surface area contributed by atoms with Crippen LogP contribution in [0.3, 0.4) is 0 Å². The van der Waals surface area contributed by atoms with Gasteiger partial charge >= 0.3 is 6.18 Å². The summed E-state index contributed by atoms with van der Waals surface area (Å²) < 4.78 is 42.6. The number of hydrogen-bond acceptors (Lipinski definition) is 4. The fourth-order valence-electron chi connectivity index (χ4n) is 3.87. The quantitative estimate of drug-likeness (QED) is 0.345. The number of halogens is 3. The number of rotatable bonds is 5. The number of benzene rings is 2. The molecule has 2 N–H and O–H groups in total. The van der Waals surface area contributed by atoms with Crippen LogP contribution in [0.15, 0.2) is 58.3 Å². The summed E-state index contributed by atoms with van der Waals surface area (Å²) in [6, 6.07) is 14.9. The molecule has 0 fully saturated rings. The van der Waals surface area contributed by atoms with Gasteiger partial charge in [0.2, 0.25) is 5.13 Å². The molecular formula is C23H18F3N5OS. The lowest BCUT2D eigenvalue weighted by Crippen LogP contribution is -2.17. The molecule has 5 aromatic rings. The molecule has 0 saturated carbocycles. The van der Waals surface area contributed by atoms with Gasteiger partial charge in [0.1, 0.15) is 0 Å². The Kier molecular flexibility index (Phi) is 5.16. The third-order valence-electron chi connectivity index (χ3n) is 5.42. The molecule has 0 amide bonds. The SMILES string of the molecule is Cc1[nH]c2ccccc2c1CCN=Cc1c(C(F)(F)F)[nH]n(-c2nc3ccccc3s2)c1=O. The zero-order chi connectivity index (χ0) is 23.2. The van der Waals surface area contributed by atoms with Crippen LogP contribution in [-0.2, 0) is 12.6 Å². The zero-order valence-corrected chi connectivity index (χ0v) is 18.2. The monoisotopic (exact) mass is 469 g/mol. The molecular weight excluding hydrogens is 451 g/mol. The van der Waals surface area contributed by atoms with Gasteiger partial charge in [-0.1, -0.05) is 41.7 Å². The maximum absolute atomic E-state index is 13.7. The Labute approximate surface area is 189 Å². The van der Waals surface area contributed by atoms with E-state index in [1.54, 1.807) is 24.3 Å². The molecule has 0 unspecified atom stereocenters. The van der Waals surface area contributed by atoms with E-state index in [2.05, 4.69) is 20.1 Å². The van der Waals surface area contributed by atoms with Crippen molar-refractivity contribution in [3.05, 3.63) is 81.4 Å². The average Bonchev–Trinajstić information content (AvgIpc) is 3.44. The molecule has 33 heavy (non-hydrogen) atoms. The average molecular weight is 469 g/mol. The number of thiazole rings is 1. The van der Waals surface area contributed by atoms with Crippen LogP contribution in [0, 0.1) is 6.92 Å². The van der Waals surface area contributed by atoms with Crippen molar-refractivity contribution in [3.63, 3.8) is 0 Å². The number of hydrogen-bond donors (Lipinski definition) is 2. The fourth-order valence-corrected chi connectivity index (χ4v) is 4.79. The Morgan fingerprint density at radius 2 is 1.91 bits per heavy atom. The molecule has 2 aromatic carbocycles. The Balaban J connectivity index is 1.46. The second-order valence-corrected chi connectivity index (χ2v) is 8.57. The smallest absolute Gasteiger partial charge is 0.358 e. The largest absolute Gasteiger partial charge is 0.433 e. The van der Waals surface area contributed by atoms with Crippen molar-refractivity contribution in [2.45, 2.75) is 19.5 Å². The maximum atomic E-state index is 13.7. The highest BCUT2D eigenvalue weighted by molar-refractivity contribution is 7.20. The predicted octanol–water partition coefficient (Wildman–Crippen LogP) is 5.25. The molecule has 3 heterocycles. The first-order valence-electron chi connectivity index (χ1n) is 10.2. The summed E-state index contributed by atoms with van der Waals surface area (Å²) in [4.78, 5) is 24.6. The van der Waals surface area contributed by atoms with Gasteiger partial charge in [-0.25, -0.2) is 4.98 Å².